The number of rotatable bonds is 5. The summed E-state index contributed by atoms with van der Waals surface area (Å²) in [5.74, 6) is 0.723. The van der Waals surface area contributed by atoms with Gasteiger partial charge in [-0.15, -0.1) is 0 Å². The zero-order valence-corrected chi connectivity index (χ0v) is 12.0. The smallest absolute Gasteiger partial charge is 0.126 e. The minimum absolute atomic E-state index is 0.144. The molecule has 1 aromatic carbocycles. The van der Waals surface area contributed by atoms with Crippen molar-refractivity contribution in [3.63, 3.8) is 0 Å². The van der Waals surface area contributed by atoms with Gasteiger partial charge in [-0.1, -0.05) is 0 Å². The second-order valence-electron chi connectivity index (χ2n) is 5.07. The fourth-order valence-electron chi connectivity index (χ4n) is 2.38. The molecule has 1 unspecified atom stereocenters. The number of aryl methyl sites for hydroxylation is 2. The van der Waals surface area contributed by atoms with Crippen molar-refractivity contribution in [3.8, 4) is 0 Å². The van der Waals surface area contributed by atoms with Gasteiger partial charge in [0, 0.05) is 17.7 Å². The number of furan rings is 1. The average molecular weight is 279 g/mol. The van der Waals surface area contributed by atoms with Gasteiger partial charge in [0.1, 0.15) is 23.2 Å². The van der Waals surface area contributed by atoms with Crippen molar-refractivity contribution in [2.24, 2.45) is 0 Å². The highest BCUT2D eigenvalue weighted by Gasteiger charge is 2.12. The molecule has 0 bridgehead atoms. The summed E-state index contributed by atoms with van der Waals surface area (Å²) in [6.45, 7) is 6.54. The van der Waals surface area contributed by atoms with Crippen molar-refractivity contribution in [2.75, 3.05) is 6.54 Å². The third-order valence-electron chi connectivity index (χ3n) is 3.33. The van der Waals surface area contributed by atoms with Crippen LogP contribution in [0.5, 0.6) is 0 Å². The summed E-state index contributed by atoms with van der Waals surface area (Å²) in [4.78, 5) is 0. The van der Waals surface area contributed by atoms with Gasteiger partial charge in [-0.25, -0.2) is 8.78 Å². The Morgan fingerprint density at radius 2 is 1.75 bits per heavy atom. The first-order valence-corrected chi connectivity index (χ1v) is 6.71. The van der Waals surface area contributed by atoms with Crippen molar-refractivity contribution < 1.29 is 13.2 Å². The monoisotopic (exact) mass is 279 g/mol. The lowest BCUT2D eigenvalue weighted by Crippen LogP contribution is -2.21. The summed E-state index contributed by atoms with van der Waals surface area (Å²) in [6, 6.07) is 5.77. The Hall–Kier alpha value is -1.68. The summed E-state index contributed by atoms with van der Waals surface area (Å²) in [5, 5.41) is 3.34. The van der Waals surface area contributed by atoms with Crippen LogP contribution in [-0.4, -0.2) is 6.54 Å². The highest BCUT2D eigenvalue weighted by Crippen LogP contribution is 2.21. The second-order valence-corrected chi connectivity index (χ2v) is 5.07. The van der Waals surface area contributed by atoms with Crippen LogP contribution in [0.25, 0.3) is 0 Å². The molecule has 4 heteroatoms. The molecule has 20 heavy (non-hydrogen) atoms. The van der Waals surface area contributed by atoms with Gasteiger partial charge < -0.3 is 9.73 Å². The standard InChI is InChI=1S/C16H19F2NO/c1-10-6-16(12(3)20-10)11(2)19-5-4-13-7-14(17)9-15(18)8-13/h6-9,11,19H,4-5H2,1-3H3. The molecule has 0 fully saturated rings. The van der Waals surface area contributed by atoms with E-state index in [0.717, 1.165) is 23.2 Å². The Morgan fingerprint density at radius 3 is 2.30 bits per heavy atom. The lowest BCUT2D eigenvalue weighted by atomic mass is 10.1. The molecule has 2 nitrogen and oxygen atoms in total. The number of benzene rings is 1. The molecular weight excluding hydrogens is 260 g/mol. The normalized spacial score (nSPS) is 12.7. The molecule has 2 rings (SSSR count). The zero-order chi connectivity index (χ0) is 14.7. The van der Waals surface area contributed by atoms with E-state index in [0.29, 0.717) is 18.5 Å². The van der Waals surface area contributed by atoms with Gasteiger partial charge in [0.2, 0.25) is 0 Å². The molecule has 1 N–H and O–H groups in total. The van der Waals surface area contributed by atoms with E-state index >= 15 is 0 Å². The predicted molar refractivity (Wildman–Crippen MR) is 74.7 cm³/mol. The number of nitrogens with one attached hydrogen (secondary N) is 1. The Morgan fingerprint density at radius 1 is 1.10 bits per heavy atom. The van der Waals surface area contributed by atoms with Crippen LogP contribution in [0, 0.1) is 25.5 Å². The third-order valence-corrected chi connectivity index (χ3v) is 3.33. The number of hydrogen-bond donors (Lipinski definition) is 1. The van der Waals surface area contributed by atoms with Gasteiger partial charge in [-0.3, -0.25) is 0 Å². The molecule has 0 saturated carbocycles. The molecule has 0 aliphatic heterocycles. The van der Waals surface area contributed by atoms with Gasteiger partial charge in [-0.2, -0.15) is 0 Å². The predicted octanol–water partition coefficient (Wildman–Crippen LogP) is 4.07. The first-order chi connectivity index (χ1) is 9.45. The summed E-state index contributed by atoms with van der Waals surface area (Å²) in [5.41, 5.74) is 1.77. The molecule has 1 aromatic heterocycles. The van der Waals surface area contributed by atoms with Crippen LogP contribution < -0.4 is 5.32 Å². The van der Waals surface area contributed by atoms with Crippen molar-refractivity contribution >= 4 is 0 Å². The van der Waals surface area contributed by atoms with Gasteiger partial charge in [0.15, 0.2) is 0 Å². The molecule has 0 aliphatic rings. The number of halogens is 2. The van der Waals surface area contributed by atoms with E-state index in [1.165, 1.54) is 12.1 Å². The van der Waals surface area contributed by atoms with E-state index in [-0.39, 0.29) is 6.04 Å². The van der Waals surface area contributed by atoms with Crippen molar-refractivity contribution in [1.29, 1.82) is 0 Å². The van der Waals surface area contributed by atoms with Crippen LogP contribution in [0.15, 0.2) is 28.7 Å². The maximum atomic E-state index is 13.1. The maximum absolute atomic E-state index is 13.1. The van der Waals surface area contributed by atoms with Crippen LogP contribution in [0.2, 0.25) is 0 Å². The van der Waals surface area contributed by atoms with Gasteiger partial charge in [0.25, 0.3) is 0 Å². The highest BCUT2D eigenvalue weighted by molar-refractivity contribution is 5.23. The topological polar surface area (TPSA) is 25.2 Å². The third kappa shape index (κ3) is 3.67. The Labute approximate surface area is 117 Å². The fraction of sp³-hybridized carbons (Fsp3) is 0.375. The summed E-state index contributed by atoms with van der Waals surface area (Å²) in [6.07, 6.45) is 0.578. The quantitative estimate of drug-likeness (QED) is 0.892. The van der Waals surface area contributed by atoms with Gasteiger partial charge in [0.05, 0.1) is 0 Å². The lowest BCUT2D eigenvalue weighted by Gasteiger charge is -2.13. The van der Waals surface area contributed by atoms with Crippen LogP contribution in [0.4, 0.5) is 8.78 Å². The maximum Gasteiger partial charge on any atom is 0.126 e. The SMILES string of the molecule is Cc1cc(C(C)NCCc2cc(F)cc(F)c2)c(C)o1. The summed E-state index contributed by atoms with van der Waals surface area (Å²) >= 11 is 0. The van der Waals surface area contributed by atoms with Gasteiger partial charge in [-0.05, 0) is 57.5 Å². The van der Waals surface area contributed by atoms with Crippen LogP contribution in [0.1, 0.15) is 35.6 Å². The largest absolute Gasteiger partial charge is 0.466 e. The molecule has 108 valence electrons. The average Bonchev–Trinajstić information content (AvgIpc) is 2.67. The molecule has 0 radical (unpaired) electrons. The molecule has 2 aromatic rings. The highest BCUT2D eigenvalue weighted by atomic mass is 19.1. The van der Waals surface area contributed by atoms with Crippen LogP contribution >= 0.6 is 0 Å². The van der Waals surface area contributed by atoms with Crippen LogP contribution in [0.3, 0.4) is 0 Å². The van der Waals surface area contributed by atoms with Crippen molar-refractivity contribution in [1.82, 2.24) is 5.32 Å². The molecule has 1 atom stereocenters. The second kappa shape index (κ2) is 6.18. The lowest BCUT2D eigenvalue weighted by molar-refractivity contribution is 0.490. The number of hydrogen-bond acceptors (Lipinski definition) is 2. The Bertz CT molecular complexity index is 572. The fourth-order valence-corrected chi connectivity index (χ4v) is 2.38. The first kappa shape index (κ1) is 14.7. The molecule has 1 heterocycles. The van der Waals surface area contributed by atoms with E-state index in [9.17, 15) is 8.78 Å². The van der Waals surface area contributed by atoms with Crippen LogP contribution in [-0.2, 0) is 6.42 Å². The van der Waals surface area contributed by atoms with E-state index in [1.54, 1.807) is 0 Å². The summed E-state index contributed by atoms with van der Waals surface area (Å²) < 4.78 is 31.6. The minimum atomic E-state index is -0.533. The van der Waals surface area contributed by atoms with Crippen molar-refractivity contribution in [2.45, 2.75) is 33.2 Å². The van der Waals surface area contributed by atoms with E-state index in [1.807, 2.05) is 26.8 Å². The molecule has 0 saturated heterocycles. The summed E-state index contributed by atoms with van der Waals surface area (Å²) in [7, 11) is 0. The zero-order valence-electron chi connectivity index (χ0n) is 12.0. The van der Waals surface area contributed by atoms with Gasteiger partial charge >= 0.3 is 0 Å². The molecule has 0 aliphatic carbocycles. The first-order valence-electron chi connectivity index (χ1n) is 6.71. The molecule has 0 spiro atoms. The Balaban J connectivity index is 1.91. The molecule has 0 amide bonds. The van der Waals surface area contributed by atoms with Crippen molar-refractivity contribution in [3.05, 3.63) is 58.5 Å². The van der Waals surface area contributed by atoms with E-state index < -0.39 is 11.6 Å². The van der Waals surface area contributed by atoms with E-state index in [4.69, 9.17) is 4.42 Å². The molecular formula is C16H19F2NO. The minimum Gasteiger partial charge on any atom is -0.466 e. The Kier molecular flexibility index (Phi) is 4.55. The van der Waals surface area contributed by atoms with E-state index in [2.05, 4.69) is 5.32 Å².